The van der Waals surface area contributed by atoms with Crippen molar-refractivity contribution in [2.75, 3.05) is 0 Å². The molecule has 0 aliphatic rings. The Morgan fingerprint density at radius 2 is 0.827 bits per heavy atom. The highest BCUT2D eigenvalue weighted by Crippen LogP contribution is 2.46. The molecule has 15 aromatic rings. The molecule has 0 bridgehead atoms. The maximum absolute atomic E-state index is 8.75. The van der Waals surface area contributed by atoms with Crippen LogP contribution in [0, 0.1) is 91.9 Å². The van der Waals surface area contributed by atoms with Crippen LogP contribution in [0.4, 0.5) is 0 Å². The Hall–Kier alpha value is -10.0. The Morgan fingerprint density at radius 3 is 1.37 bits per heavy atom. The Balaban J connectivity index is 0.000000142. The molecule has 0 fully saturated rings. The highest BCUT2D eigenvalue weighted by molar-refractivity contribution is 6.23. The van der Waals surface area contributed by atoms with Gasteiger partial charge in [-0.15, -0.1) is 0 Å². The van der Waals surface area contributed by atoms with Crippen molar-refractivity contribution in [3.05, 3.63) is 273 Å². The molecule has 0 unspecified atom stereocenters. The van der Waals surface area contributed by atoms with Gasteiger partial charge in [0.05, 0.1) is 0 Å². The molecule has 0 N–H and O–H groups in total. The molecule has 9 aromatic carbocycles. The Kier molecular flexibility index (Phi) is 18.3. The Morgan fingerprint density at radius 1 is 0.365 bits per heavy atom. The highest BCUT2D eigenvalue weighted by atomic mass is 16.3. The predicted octanol–water partition coefficient (Wildman–Crippen LogP) is 25.8. The molecule has 0 amide bonds. The first-order valence-corrected chi connectivity index (χ1v) is 36.7. The molecule has 104 heavy (non-hydrogen) atoms. The number of furan rings is 2. The minimum absolute atomic E-state index is 0.117. The van der Waals surface area contributed by atoms with Crippen molar-refractivity contribution in [3.63, 3.8) is 0 Å². The smallest absolute Gasteiger partial charge is 0.227 e. The molecule has 0 radical (unpaired) electrons. The van der Waals surface area contributed by atoms with E-state index in [0.29, 0.717) is 11.4 Å². The fourth-order valence-corrected chi connectivity index (χ4v) is 14.7. The van der Waals surface area contributed by atoms with E-state index in [1.165, 1.54) is 49.7 Å². The number of hydrogen-bond donors (Lipinski definition) is 0. The van der Waals surface area contributed by atoms with Crippen LogP contribution in [0.1, 0.15) is 158 Å². The molecular weight excluding hydrogens is 1270 g/mol. The minimum Gasteiger partial charge on any atom is -0.437 e. The molecule has 0 spiro atoms. The Bertz CT molecular complexity index is 6160. The molecule has 0 atom stereocenters. The lowest BCUT2D eigenvalue weighted by molar-refractivity contribution is -0.661. The summed E-state index contributed by atoms with van der Waals surface area (Å²) in [5, 5.41) is 10.7. The fourth-order valence-electron chi connectivity index (χ4n) is 14.7. The van der Waals surface area contributed by atoms with Crippen molar-refractivity contribution < 1.29 is 28.9 Å². The molecule has 0 saturated heterocycles. The van der Waals surface area contributed by atoms with Gasteiger partial charge in [0.2, 0.25) is 22.8 Å². The van der Waals surface area contributed by atoms with Crippen LogP contribution in [0.3, 0.4) is 0 Å². The molecule has 15 rings (SSSR count). The van der Waals surface area contributed by atoms with Gasteiger partial charge in [-0.25, -0.2) is 19.1 Å². The third-order valence-corrected chi connectivity index (χ3v) is 19.8. The van der Waals surface area contributed by atoms with E-state index < -0.39 is 36.3 Å². The molecule has 6 heteroatoms. The van der Waals surface area contributed by atoms with Crippen LogP contribution in [-0.4, -0.2) is 9.97 Å². The van der Waals surface area contributed by atoms with E-state index in [9.17, 15) is 0 Å². The summed E-state index contributed by atoms with van der Waals surface area (Å²) < 4.78 is 85.6. The number of benzene rings is 9. The van der Waals surface area contributed by atoms with Crippen LogP contribution in [0.5, 0.6) is 0 Å². The van der Waals surface area contributed by atoms with E-state index in [2.05, 4.69) is 163 Å². The molecule has 0 aliphatic carbocycles. The molecule has 0 saturated carbocycles. The van der Waals surface area contributed by atoms with Crippen LogP contribution in [0.25, 0.3) is 121 Å². The third kappa shape index (κ3) is 15.4. The van der Waals surface area contributed by atoms with Gasteiger partial charge in [0.15, 0.2) is 12.4 Å². The summed E-state index contributed by atoms with van der Waals surface area (Å²) in [6, 6.07) is 62.0. The van der Waals surface area contributed by atoms with Crippen molar-refractivity contribution in [1.29, 1.82) is 0 Å². The van der Waals surface area contributed by atoms with Gasteiger partial charge in [0, 0.05) is 89.4 Å². The zero-order valence-electron chi connectivity index (χ0n) is 73.2. The van der Waals surface area contributed by atoms with E-state index >= 15 is 0 Å². The summed E-state index contributed by atoms with van der Waals surface area (Å²) in [6.07, 6.45) is -1.70. The molecule has 6 nitrogen and oxygen atoms in total. The topological polar surface area (TPSA) is 59.8 Å². The van der Waals surface area contributed by atoms with E-state index in [0.717, 1.165) is 138 Å². The first-order valence-electron chi connectivity index (χ1n) is 40.7. The molecule has 6 aromatic heterocycles. The van der Waals surface area contributed by atoms with Crippen molar-refractivity contribution >= 4 is 76.5 Å². The van der Waals surface area contributed by atoms with Gasteiger partial charge < -0.3 is 8.83 Å². The summed E-state index contributed by atoms with van der Waals surface area (Å²) in [4.78, 5) is 9.33. The minimum atomic E-state index is -1.41. The van der Waals surface area contributed by atoms with Crippen molar-refractivity contribution in [2.45, 2.75) is 164 Å². The first-order chi connectivity index (χ1) is 52.5. The van der Waals surface area contributed by atoms with Crippen LogP contribution in [0.15, 0.2) is 203 Å². The second kappa shape index (κ2) is 30.0. The summed E-state index contributed by atoms with van der Waals surface area (Å²) >= 11 is 0. The molecule has 0 aliphatic heterocycles. The quantitative estimate of drug-likeness (QED) is 0.128. The van der Waals surface area contributed by atoms with Crippen molar-refractivity contribution in [3.8, 4) is 44.8 Å². The van der Waals surface area contributed by atoms with E-state index in [1.807, 2.05) is 198 Å². The van der Waals surface area contributed by atoms with Gasteiger partial charge in [-0.05, 0) is 265 Å². The SMILES string of the molecule is [2H]C([2H])(c1c[n+](C)c(-c2ccccc2C)cc1C)C(C)(C)C.[2H]C([2H])(c1ccc(-c2ccccc2C)[n+](C)c1)C(C)(C)C.[2H]C([2H])(c1cccc2c(C)c(-c3c(C)c(C)cc4c3oc3nc(C)ccc34)ccc12)C(C)C.[2H]C([2H])(c1cccc2c(C)c(-c3c(C)c4ccccc4c4c3oc3nc(C)ccc34)ccc12)C(C)C. The monoisotopic (exact) mass is 1380 g/mol. The Labute approximate surface area is 630 Å². The number of aryl methyl sites for hydroxylation is 11. The molecule has 530 valence electrons. The van der Waals surface area contributed by atoms with Gasteiger partial charge in [0.1, 0.15) is 25.3 Å². The largest absolute Gasteiger partial charge is 0.437 e. The van der Waals surface area contributed by atoms with Crippen molar-refractivity contribution in [1.82, 2.24) is 9.97 Å². The van der Waals surface area contributed by atoms with Gasteiger partial charge in [-0.2, -0.15) is 0 Å². The standard InChI is InChI=1S/C32H29NO.C29H29NO.C19H26N.C18H24N/c1-18(2)17-22-9-8-12-23-20(4)25(15-16-26(22)23)29-21(5)24-10-6-7-11-27(24)30-28-14-13-19(3)33-32(28)34-31(29)30;1-16(2)14-21-8-7-9-22-20(6)23(12-13-24(21)22)27-19(5)17(3)15-26-25-11-10-18(4)30-29(25)31-28(26)27;1-14-9-7-8-10-17(14)18-11-15(2)16(13-20(18)6)12-19(3,4)5;1-14-8-6-7-9-16(14)17-11-10-15(13-19(17)5)12-18(2,3)4/h6-16,18H,17H2,1-5H3;7-13,15-16H,14H2,1-6H3;7-11,13H,12H2,1-6H3;6-11,13H,12H2,1-5H3/q;;2*+1/i17D2;14D2;2*12D2. The van der Waals surface area contributed by atoms with E-state index in [-0.39, 0.29) is 11.8 Å². The summed E-state index contributed by atoms with van der Waals surface area (Å²) in [5.74, 6) is -0.245. The number of hydrogen-bond acceptors (Lipinski definition) is 4. The number of rotatable bonds is 10. The second-order valence-electron chi connectivity index (χ2n) is 31.2. The van der Waals surface area contributed by atoms with Gasteiger partial charge in [-0.3, -0.25) is 0 Å². The number of pyridine rings is 4. The number of nitrogens with zero attached hydrogens (tertiary/aromatic N) is 4. The lowest BCUT2D eigenvalue weighted by Gasteiger charge is -2.19. The maximum atomic E-state index is 8.75. The zero-order chi connectivity index (χ0) is 81.5. The highest BCUT2D eigenvalue weighted by Gasteiger charge is 2.26. The lowest BCUT2D eigenvalue weighted by Crippen LogP contribution is -2.32. The number of aromatic nitrogens is 4. The van der Waals surface area contributed by atoms with Crippen LogP contribution >= 0.6 is 0 Å². The van der Waals surface area contributed by atoms with Crippen LogP contribution in [-0.2, 0) is 39.6 Å². The third-order valence-electron chi connectivity index (χ3n) is 19.8. The maximum Gasteiger partial charge on any atom is 0.227 e. The summed E-state index contributed by atoms with van der Waals surface area (Å²) in [5.41, 5.74) is 25.3. The first kappa shape index (κ1) is 63.6. The second-order valence-corrected chi connectivity index (χ2v) is 31.2. The average Bonchev–Trinajstić information content (AvgIpc) is 1.38. The van der Waals surface area contributed by atoms with Crippen molar-refractivity contribution in [2.24, 2.45) is 36.8 Å². The molecular formula is C98H108N4O2+2. The van der Waals surface area contributed by atoms with E-state index in [1.54, 1.807) is 0 Å². The van der Waals surface area contributed by atoms with Gasteiger partial charge in [-0.1, -0.05) is 191 Å². The predicted molar refractivity (Wildman–Crippen MR) is 443 cm³/mol. The lowest BCUT2D eigenvalue weighted by atomic mass is 9.87. The average molecular weight is 1380 g/mol. The van der Waals surface area contributed by atoms with Gasteiger partial charge >= 0.3 is 0 Å². The summed E-state index contributed by atoms with van der Waals surface area (Å²) in [6.45, 7) is 40.3. The number of fused-ring (bicyclic) bond motifs is 10. The zero-order valence-corrected chi connectivity index (χ0v) is 65.2. The summed E-state index contributed by atoms with van der Waals surface area (Å²) in [7, 11) is 3.97. The fraction of sp³-hybridized carbons (Fsp3) is 0.306. The van der Waals surface area contributed by atoms with E-state index in [4.69, 9.17) is 24.8 Å². The normalized spacial score (nSPS) is 13.6. The van der Waals surface area contributed by atoms with Crippen LogP contribution < -0.4 is 9.13 Å². The molecule has 6 heterocycles. The van der Waals surface area contributed by atoms with Crippen LogP contribution in [0.2, 0.25) is 0 Å². The van der Waals surface area contributed by atoms with Gasteiger partial charge in [0.25, 0.3) is 0 Å².